The Labute approximate surface area is 366 Å². The highest BCUT2D eigenvalue weighted by Gasteiger charge is 2.48. The molecule has 0 unspecified atom stereocenters. The summed E-state index contributed by atoms with van der Waals surface area (Å²) >= 11 is 0. The van der Waals surface area contributed by atoms with Gasteiger partial charge in [-0.15, -0.1) is 0 Å². The molecule has 0 radical (unpaired) electrons. The van der Waals surface area contributed by atoms with Crippen LogP contribution < -0.4 is 52.2 Å². The Morgan fingerprint density at radius 3 is 1.27 bits per heavy atom. The van der Waals surface area contributed by atoms with Crippen molar-refractivity contribution in [1.29, 1.82) is 0 Å². The van der Waals surface area contributed by atoms with E-state index in [1.165, 1.54) is 128 Å². The van der Waals surface area contributed by atoms with E-state index in [0.717, 1.165) is 11.5 Å². The first-order chi connectivity index (χ1) is 30.1. The van der Waals surface area contributed by atoms with Crippen LogP contribution in [-0.4, -0.2) is 13.4 Å². The van der Waals surface area contributed by atoms with E-state index in [1.807, 2.05) is 0 Å². The maximum atomic E-state index is 6.88. The van der Waals surface area contributed by atoms with Gasteiger partial charge in [0.2, 0.25) is 0 Å². The van der Waals surface area contributed by atoms with Gasteiger partial charge in [0.05, 0.1) is 17.1 Å². The first-order valence-electron chi connectivity index (χ1n) is 22.0. The molecular weight excluding hydrogens is 752 g/mol. The number of hydrogen-bond acceptors (Lipinski definition) is 4. The summed E-state index contributed by atoms with van der Waals surface area (Å²) in [6, 6.07) is 52.6. The minimum Gasteiger partial charge on any atom is -0.458 e. The molecular formula is C56H47B2N3O. The van der Waals surface area contributed by atoms with Crippen molar-refractivity contribution in [3.05, 3.63) is 184 Å². The van der Waals surface area contributed by atoms with Crippen molar-refractivity contribution in [3.63, 3.8) is 0 Å². The first kappa shape index (κ1) is 36.9. The zero-order chi connectivity index (χ0) is 42.3. The molecule has 298 valence electrons. The predicted octanol–water partition coefficient (Wildman–Crippen LogP) is 10.6. The molecule has 6 heteroatoms. The zero-order valence-corrected chi connectivity index (χ0v) is 36.7. The molecule has 8 aromatic carbocycles. The van der Waals surface area contributed by atoms with E-state index >= 15 is 0 Å². The van der Waals surface area contributed by atoms with Crippen LogP contribution in [0.5, 0.6) is 11.5 Å². The minimum absolute atomic E-state index is 0.0131. The van der Waals surface area contributed by atoms with E-state index in [1.54, 1.807) is 0 Å². The van der Waals surface area contributed by atoms with E-state index < -0.39 is 0 Å². The summed E-state index contributed by atoms with van der Waals surface area (Å²) in [5.74, 6) is 1.87. The number of aryl methyl sites for hydroxylation is 8. The van der Waals surface area contributed by atoms with Crippen molar-refractivity contribution in [2.75, 3.05) is 14.7 Å². The van der Waals surface area contributed by atoms with Crippen molar-refractivity contribution in [2.24, 2.45) is 0 Å². The van der Waals surface area contributed by atoms with Crippen LogP contribution in [0.2, 0.25) is 0 Å². The number of hydrogen-bond donors (Lipinski definition) is 0. The molecule has 0 fully saturated rings. The lowest BCUT2D eigenvalue weighted by Crippen LogP contribution is -2.64. The van der Waals surface area contributed by atoms with Crippen LogP contribution in [0.1, 0.15) is 44.5 Å². The van der Waals surface area contributed by atoms with Crippen LogP contribution in [0, 0.1) is 55.4 Å². The molecule has 0 N–H and O–H groups in total. The summed E-state index contributed by atoms with van der Waals surface area (Å²) in [5, 5.41) is 0. The molecule has 0 atom stereocenters. The van der Waals surface area contributed by atoms with E-state index in [-0.39, 0.29) is 13.4 Å². The second-order valence-corrected chi connectivity index (χ2v) is 18.2. The fourth-order valence-corrected chi connectivity index (χ4v) is 11.6. The second-order valence-electron chi connectivity index (χ2n) is 18.2. The van der Waals surface area contributed by atoms with E-state index in [4.69, 9.17) is 4.74 Å². The SMILES string of the molecule is Cc1cc2c3c(c1)N(c1c(C)cccc1C)c1cc4c(cc1B3c1ccccc1O2)B1c2ccccc2N(c2c(C)cccc2C)c2cc(C)cc(c21)N4c1c(C)cccc1C. The maximum Gasteiger partial charge on any atom is 0.256 e. The van der Waals surface area contributed by atoms with Crippen LogP contribution in [0.3, 0.4) is 0 Å². The lowest BCUT2D eigenvalue weighted by atomic mass is 9.30. The molecule has 4 nitrogen and oxygen atoms in total. The molecule has 0 spiro atoms. The molecule has 12 rings (SSSR count). The van der Waals surface area contributed by atoms with E-state index in [9.17, 15) is 0 Å². The summed E-state index contributed by atoms with van der Waals surface area (Å²) < 4.78 is 6.88. The molecule has 62 heavy (non-hydrogen) atoms. The zero-order valence-electron chi connectivity index (χ0n) is 36.7. The van der Waals surface area contributed by atoms with Gasteiger partial charge in [0.25, 0.3) is 13.4 Å². The van der Waals surface area contributed by atoms with Crippen molar-refractivity contribution in [1.82, 2.24) is 0 Å². The van der Waals surface area contributed by atoms with E-state index in [0.29, 0.717) is 0 Å². The number of ether oxygens (including phenoxy) is 1. The molecule has 0 saturated heterocycles. The summed E-state index contributed by atoms with van der Waals surface area (Å²) in [5.41, 5.74) is 28.7. The Morgan fingerprint density at radius 1 is 0.323 bits per heavy atom. The van der Waals surface area contributed by atoms with Crippen LogP contribution in [0.15, 0.2) is 140 Å². The third-order valence-electron chi connectivity index (χ3n) is 14.1. The quantitative estimate of drug-likeness (QED) is 0.166. The Bertz CT molecular complexity index is 3200. The molecule has 4 aliphatic heterocycles. The fraction of sp³-hybridized carbons (Fsp3) is 0.143. The third-order valence-corrected chi connectivity index (χ3v) is 14.1. The number of para-hydroxylation sites is 5. The Kier molecular flexibility index (Phi) is 7.91. The standard InChI is InChI=1S/C56H47B2N3O/c1-32-26-47-52-48(27-32)60(55-36(5)18-14-19-37(55)6)45-31-46-43(30-42(45)57(52)40-22-9-11-24-44(40)59(47)54-34(3)16-13-17-35(54)4)58-41-23-10-12-25-50(41)62-51-29-33(2)28-49(53(51)58)61(46)56-38(7)20-15-21-39(56)8/h9-31H,1-8H3. The topological polar surface area (TPSA) is 19.0 Å². The van der Waals surface area contributed by atoms with Crippen LogP contribution in [0.25, 0.3) is 0 Å². The highest BCUT2D eigenvalue weighted by atomic mass is 16.5. The van der Waals surface area contributed by atoms with Gasteiger partial charge in [-0.2, -0.15) is 0 Å². The van der Waals surface area contributed by atoms with Crippen molar-refractivity contribution in [3.8, 4) is 11.5 Å². The molecule has 4 aliphatic rings. The molecule has 0 bridgehead atoms. The van der Waals surface area contributed by atoms with Gasteiger partial charge in [0.15, 0.2) is 0 Å². The Balaban J connectivity index is 1.24. The van der Waals surface area contributed by atoms with Crippen LogP contribution in [0.4, 0.5) is 51.2 Å². The molecule has 4 heterocycles. The molecule has 0 amide bonds. The average Bonchev–Trinajstić information content (AvgIpc) is 3.24. The van der Waals surface area contributed by atoms with Gasteiger partial charge in [0.1, 0.15) is 11.5 Å². The normalized spacial score (nSPS) is 13.8. The van der Waals surface area contributed by atoms with Gasteiger partial charge in [-0.25, -0.2) is 0 Å². The van der Waals surface area contributed by atoms with Crippen molar-refractivity contribution >= 4 is 97.4 Å². The second kappa shape index (κ2) is 13.3. The predicted molar refractivity (Wildman–Crippen MR) is 264 cm³/mol. The number of nitrogens with zero attached hydrogens (tertiary/aromatic N) is 3. The Hall–Kier alpha value is -6.91. The summed E-state index contributed by atoms with van der Waals surface area (Å²) in [7, 11) is 0. The van der Waals surface area contributed by atoms with E-state index in [2.05, 4.69) is 210 Å². The monoisotopic (exact) mass is 799 g/mol. The molecule has 0 saturated carbocycles. The maximum absolute atomic E-state index is 6.88. The fourth-order valence-electron chi connectivity index (χ4n) is 11.6. The highest BCUT2D eigenvalue weighted by molar-refractivity contribution is 7.02. The molecule has 0 aromatic heterocycles. The summed E-state index contributed by atoms with van der Waals surface area (Å²) in [4.78, 5) is 7.76. The summed E-state index contributed by atoms with van der Waals surface area (Å²) in [6.07, 6.45) is 0. The third kappa shape index (κ3) is 5.04. The van der Waals surface area contributed by atoms with Crippen molar-refractivity contribution < 1.29 is 4.74 Å². The van der Waals surface area contributed by atoms with Gasteiger partial charge in [-0.3, -0.25) is 0 Å². The lowest BCUT2D eigenvalue weighted by molar-refractivity contribution is 0.487. The molecule has 8 aromatic rings. The summed E-state index contributed by atoms with van der Waals surface area (Å²) in [6.45, 7) is 18.0. The smallest absolute Gasteiger partial charge is 0.256 e. The molecule has 0 aliphatic carbocycles. The van der Waals surface area contributed by atoms with Gasteiger partial charge in [-0.1, -0.05) is 97.1 Å². The van der Waals surface area contributed by atoms with Gasteiger partial charge >= 0.3 is 0 Å². The minimum atomic E-state index is -0.0242. The lowest BCUT2D eigenvalue weighted by Gasteiger charge is -2.47. The number of anilines is 9. The number of rotatable bonds is 3. The first-order valence-corrected chi connectivity index (χ1v) is 22.0. The van der Waals surface area contributed by atoms with Crippen LogP contribution in [-0.2, 0) is 0 Å². The number of fused-ring (bicyclic) bond motifs is 8. The number of benzene rings is 8. The highest BCUT2D eigenvalue weighted by Crippen LogP contribution is 2.50. The Morgan fingerprint density at radius 2 is 0.742 bits per heavy atom. The van der Waals surface area contributed by atoms with Crippen molar-refractivity contribution in [2.45, 2.75) is 55.4 Å². The van der Waals surface area contributed by atoms with Gasteiger partial charge in [0, 0.05) is 34.1 Å². The van der Waals surface area contributed by atoms with Crippen LogP contribution >= 0.6 is 0 Å². The van der Waals surface area contributed by atoms with Gasteiger partial charge < -0.3 is 19.4 Å². The average molecular weight is 800 g/mol. The largest absolute Gasteiger partial charge is 0.458 e. The van der Waals surface area contributed by atoms with Gasteiger partial charge in [-0.05, 0) is 175 Å².